The van der Waals surface area contributed by atoms with Gasteiger partial charge in [-0.15, -0.1) is 0 Å². The van der Waals surface area contributed by atoms with Crippen molar-refractivity contribution in [2.24, 2.45) is 5.92 Å². The van der Waals surface area contributed by atoms with Gasteiger partial charge in [-0.1, -0.05) is 11.6 Å². The first-order valence-electron chi connectivity index (χ1n) is 5.70. The fraction of sp³-hybridized carbons (Fsp3) is 0.462. The van der Waals surface area contributed by atoms with E-state index in [1.165, 1.54) is 0 Å². The molecule has 2 N–H and O–H groups in total. The van der Waals surface area contributed by atoms with Crippen LogP contribution in [0.25, 0.3) is 0 Å². The highest BCUT2D eigenvalue weighted by atomic mass is 35.5. The Labute approximate surface area is 112 Å². The first-order valence-corrected chi connectivity index (χ1v) is 6.08. The number of nitrogens with one attached hydrogen (secondary N) is 1. The lowest BCUT2D eigenvalue weighted by Gasteiger charge is -2.21. The molecule has 0 amide bonds. The molecule has 4 nitrogen and oxygen atoms in total. The van der Waals surface area contributed by atoms with Crippen LogP contribution >= 0.6 is 11.6 Å². The van der Waals surface area contributed by atoms with Gasteiger partial charge in [-0.2, -0.15) is 0 Å². The molecular formula is C13H18ClNO3. The van der Waals surface area contributed by atoms with Gasteiger partial charge in [0.15, 0.2) is 0 Å². The van der Waals surface area contributed by atoms with E-state index in [9.17, 15) is 4.79 Å². The molecule has 0 aliphatic carbocycles. The zero-order valence-corrected chi connectivity index (χ0v) is 11.7. The van der Waals surface area contributed by atoms with E-state index in [-0.39, 0.29) is 6.04 Å². The summed E-state index contributed by atoms with van der Waals surface area (Å²) in [4.78, 5) is 10.9. The number of carboxylic acids is 1. The van der Waals surface area contributed by atoms with Gasteiger partial charge in [0, 0.05) is 17.1 Å². The van der Waals surface area contributed by atoms with E-state index in [4.69, 9.17) is 21.4 Å². The Kier molecular flexibility index (Phi) is 4.84. The second-order valence-corrected chi connectivity index (χ2v) is 4.77. The molecule has 18 heavy (non-hydrogen) atoms. The number of rotatable bonds is 5. The van der Waals surface area contributed by atoms with Crippen LogP contribution < -0.4 is 10.1 Å². The number of ether oxygens (including phenoxy) is 1. The fourth-order valence-electron chi connectivity index (χ4n) is 1.53. The fourth-order valence-corrected chi connectivity index (χ4v) is 1.68. The molecule has 2 atom stereocenters. The molecule has 0 fully saturated rings. The number of benzene rings is 1. The van der Waals surface area contributed by atoms with Crippen molar-refractivity contribution in [3.8, 4) is 5.75 Å². The van der Waals surface area contributed by atoms with Crippen molar-refractivity contribution in [3.05, 3.63) is 22.7 Å². The molecule has 100 valence electrons. The predicted molar refractivity (Wildman–Crippen MR) is 72.6 cm³/mol. The summed E-state index contributed by atoms with van der Waals surface area (Å²) in [5.41, 5.74) is 1.66. The molecule has 0 bridgehead atoms. The van der Waals surface area contributed by atoms with Crippen LogP contribution in [0.3, 0.4) is 0 Å². The van der Waals surface area contributed by atoms with Crippen molar-refractivity contribution in [2.75, 3.05) is 12.4 Å². The van der Waals surface area contributed by atoms with E-state index in [2.05, 4.69) is 5.32 Å². The third-order valence-electron chi connectivity index (χ3n) is 3.00. The molecular weight excluding hydrogens is 254 g/mol. The summed E-state index contributed by atoms with van der Waals surface area (Å²) in [6, 6.07) is 3.36. The van der Waals surface area contributed by atoms with Gasteiger partial charge in [0.2, 0.25) is 0 Å². The van der Waals surface area contributed by atoms with E-state index in [0.29, 0.717) is 10.8 Å². The first kappa shape index (κ1) is 14.6. The van der Waals surface area contributed by atoms with Crippen molar-refractivity contribution in [1.29, 1.82) is 0 Å². The molecule has 5 heteroatoms. The zero-order chi connectivity index (χ0) is 13.9. The summed E-state index contributed by atoms with van der Waals surface area (Å²) in [7, 11) is 1.55. The molecule has 0 aliphatic rings. The summed E-state index contributed by atoms with van der Waals surface area (Å²) in [6.45, 7) is 5.37. The van der Waals surface area contributed by atoms with Gasteiger partial charge >= 0.3 is 5.97 Å². The summed E-state index contributed by atoms with van der Waals surface area (Å²) < 4.78 is 5.23. The molecule has 0 radical (unpaired) electrons. The standard InChI is InChI=1S/C13H18ClNO3/c1-7-5-11(12(18-4)6-10(7)14)15-9(3)8(2)13(16)17/h5-6,8-9,15H,1-4H3,(H,16,17). The predicted octanol–water partition coefficient (Wildman–Crippen LogP) is 3.18. The van der Waals surface area contributed by atoms with Crippen molar-refractivity contribution < 1.29 is 14.6 Å². The lowest BCUT2D eigenvalue weighted by atomic mass is 10.0. The molecule has 0 aromatic heterocycles. The highest BCUT2D eigenvalue weighted by molar-refractivity contribution is 6.31. The number of carboxylic acid groups (broad SMARTS) is 1. The van der Waals surface area contributed by atoms with E-state index in [1.807, 2.05) is 19.9 Å². The number of anilines is 1. The average Bonchev–Trinajstić information content (AvgIpc) is 2.32. The second kappa shape index (κ2) is 5.96. The van der Waals surface area contributed by atoms with Gasteiger partial charge in [0.05, 0.1) is 18.7 Å². The number of methoxy groups -OCH3 is 1. The normalized spacial score (nSPS) is 13.8. The van der Waals surface area contributed by atoms with Gasteiger partial charge in [-0.3, -0.25) is 4.79 Å². The maximum absolute atomic E-state index is 10.9. The second-order valence-electron chi connectivity index (χ2n) is 4.36. The van der Waals surface area contributed by atoms with Gasteiger partial charge < -0.3 is 15.2 Å². The van der Waals surface area contributed by atoms with E-state index >= 15 is 0 Å². The Morgan fingerprint density at radius 3 is 2.56 bits per heavy atom. The zero-order valence-electron chi connectivity index (χ0n) is 11.0. The van der Waals surface area contributed by atoms with Crippen LogP contribution in [0.2, 0.25) is 5.02 Å². The Morgan fingerprint density at radius 2 is 2.06 bits per heavy atom. The van der Waals surface area contributed by atoms with E-state index in [1.54, 1.807) is 20.1 Å². The monoisotopic (exact) mass is 271 g/mol. The highest BCUT2D eigenvalue weighted by Crippen LogP contribution is 2.31. The molecule has 1 rings (SSSR count). The number of hydrogen-bond acceptors (Lipinski definition) is 3. The van der Waals surface area contributed by atoms with Crippen molar-refractivity contribution in [1.82, 2.24) is 0 Å². The number of aliphatic carboxylic acids is 1. The van der Waals surface area contributed by atoms with Crippen molar-refractivity contribution in [2.45, 2.75) is 26.8 Å². The molecule has 0 heterocycles. The minimum Gasteiger partial charge on any atom is -0.495 e. The van der Waals surface area contributed by atoms with Crippen molar-refractivity contribution in [3.63, 3.8) is 0 Å². The summed E-state index contributed by atoms with van der Waals surface area (Å²) in [6.07, 6.45) is 0. The minimum atomic E-state index is -0.834. The Hall–Kier alpha value is -1.42. The highest BCUT2D eigenvalue weighted by Gasteiger charge is 2.20. The maximum atomic E-state index is 10.9. The van der Waals surface area contributed by atoms with Crippen LogP contribution in [0.4, 0.5) is 5.69 Å². The number of aryl methyl sites for hydroxylation is 1. The lowest BCUT2D eigenvalue weighted by Crippen LogP contribution is -2.29. The largest absolute Gasteiger partial charge is 0.495 e. The SMILES string of the molecule is COc1cc(Cl)c(C)cc1NC(C)C(C)C(=O)O. The third-order valence-corrected chi connectivity index (χ3v) is 3.41. The summed E-state index contributed by atoms with van der Waals surface area (Å²) in [5.74, 6) is -0.722. The average molecular weight is 272 g/mol. The molecule has 0 spiro atoms. The van der Waals surface area contributed by atoms with Crippen LogP contribution in [-0.2, 0) is 4.79 Å². The first-order chi connectivity index (χ1) is 8.36. The molecule has 1 aromatic carbocycles. The molecule has 2 unspecified atom stereocenters. The number of hydrogen-bond donors (Lipinski definition) is 2. The van der Waals surface area contributed by atoms with Crippen LogP contribution in [0, 0.1) is 12.8 Å². The quantitative estimate of drug-likeness (QED) is 0.864. The molecule has 0 saturated carbocycles. The Morgan fingerprint density at radius 1 is 1.44 bits per heavy atom. The molecule has 1 aromatic rings. The maximum Gasteiger partial charge on any atom is 0.308 e. The van der Waals surface area contributed by atoms with Gasteiger partial charge in [0.25, 0.3) is 0 Å². The third kappa shape index (κ3) is 3.29. The van der Waals surface area contributed by atoms with Crippen molar-refractivity contribution >= 4 is 23.3 Å². The lowest BCUT2D eigenvalue weighted by molar-refractivity contribution is -0.141. The number of halogens is 1. The van der Waals surface area contributed by atoms with E-state index in [0.717, 1.165) is 11.3 Å². The van der Waals surface area contributed by atoms with Crippen LogP contribution in [0.5, 0.6) is 5.75 Å². The van der Waals surface area contributed by atoms with E-state index < -0.39 is 11.9 Å². The Bertz CT molecular complexity index is 448. The van der Waals surface area contributed by atoms with Gasteiger partial charge in [0.1, 0.15) is 5.75 Å². The molecule has 0 saturated heterocycles. The smallest absolute Gasteiger partial charge is 0.308 e. The topological polar surface area (TPSA) is 58.6 Å². The van der Waals surface area contributed by atoms with Gasteiger partial charge in [-0.25, -0.2) is 0 Å². The van der Waals surface area contributed by atoms with Crippen LogP contribution in [-0.4, -0.2) is 24.2 Å². The molecule has 0 aliphatic heterocycles. The number of carbonyl (C=O) groups is 1. The minimum absolute atomic E-state index is 0.211. The summed E-state index contributed by atoms with van der Waals surface area (Å²) in [5, 5.41) is 12.7. The van der Waals surface area contributed by atoms with Crippen LogP contribution in [0.1, 0.15) is 19.4 Å². The van der Waals surface area contributed by atoms with Crippen LogP contribution in [0.15, 0.2) is 12.1 Å². The summed E-state index contributed by atoms with van der Waals surface area (Å²) >= 11 is 6.01. The Balaban J connectivity index is 2.96. The van der Waals surface area contributed by atoms with Gasteiger partial charge in [-0.05, 0) is 32.4 Å².